The number of carbonyl (C=O) groups is 1. The Labute approximate surface area is 136 Å². The third-order valence-electron chi connectivity index (χ3n) is 3.96. The largest absolute Gasteiger partial charge is 0.508 e. The van der Waals surface area contributed by atoms with Crippen LogP contribution < -0.4 is 0 Å². The molecule has 0 aromatic heterocycles. The Morgan fingerprint density at radius 2 is 1.39 bits per heavy atom. The summed E-state index contributed by atoms with van der Waals surface area (Å²) >= 11 is 0. The molecule has 0 bridgehead atoms. The van der Waals surface area contributed by atoms with Gasteiger partial charge in [0.15, 0.2) is 5.78 Å². The minimum Gasteiger partial charge on any atom is -0.508 e. The van der Waals surface area contributed by atoms with Crippen LogP contribution in [0.5, 0.6) is 5.75 Å². The molecular formula is C21H18O2. The summed E-state index contributed by atoms with van der Waals surface area (Å²) in [6, 6.07) is 26.4. The van der Waals surface area contributed by atoms with Gasteiger partial charge in [0.1, 0.15) is 5.75 Å². The summed E-state index contributed by atoms with van der Waals surface area (Å²) in [5.74, 6) is 0.245. The zero-order valence-electron chi connectivity index (χ0n) is 12.7. The molecule has 3 aromatic carbocycles. The number of hydrogen-bond donors (Lipinski definition) is 1. The maximum absolute atomic E-state index is 12.6. The molecule has 3 rings (SSSR count). The van der Waals surface area contributed by atoms with E-state index in [1.54, 1.807) is 12.1 Å². The van der Waals surface area contributed by atoms with Gasteiger partial charge in [0, 0.05) is 17.9 Å². The minimum atomic E-state index is -0.0731. The number of carbonyl (C=O) groups excluding carboxylic acids is 1. The van der Waals surface area contributed by atoms with Gasteiger partial charge in [-0.25, -0.2) is 0 Å². The maximum Gasteiger partial charge on any atom is 0.163 e. The zero-order chi connectivity index (χ0) is 16.1. The van der Waals surface area contributed by atoms with E-state index < -0.39 is 0 Å². The summed E-state index contributed by atoms with van der Waals surface area (Å²) in [6.45, 7) is 0. The second-order valence-corrected chi connectivity index (χ2v) is 5.55. The molecule has 0 aliphatic heterocycles. The van der Waals surface area contributed by atoms with E-state index in [0.717, 1.165) is 11.1 Å². The fourth-order valence-electron chi connectivity index (χ4n) is 2.78. The van der Waals surface area contributed by atoms with Crippen LogP contribution in [-0.2, 0) is 0 Å². The minimum absolute atomic E-state index is 0.0731. The van der Waals surface area contributed by atoms with Crippen LogP contribution in [0.4, 0.5) is 0 Å². The average Bonchev–Trinajstić information content (AvgIpc) is 2.61. The van der Waals surface area contributed by atoms with Gasteiger partial charge >= 0.3 is 0 Å². The van der Waals surface area contributed by atoms with Crippen molar-refractivity contribution in [3.63, 3.8) is 0 Å². The second-order valence-electron chi connectivity index (χ2n) is 5.55. The summed E-state index contributed by atoms with van der Waals surface area (Å²) < 4.78 is 0. The van der Waals surface area contributed by atoms with Crippen LogP contribution in [-0.4, -0.2) is 10.9 Å². The molecule has 23 heavy (non-hydrogen) atoms. The predicted octanol–water partition coefficient (Wildman–Crippen LogP) is 4.80. The van der Waals surface area contributed by atoms with Gasteiger partial charge < -0.3 is 5.11 Å². The topological polar surface area (TPSA) is 37.3 Å². The summed E-state index contributed by atoms with van der Waals surface area (Å²) in [5.41, 5.74) is 2.73. The van der Waals surface area contributed by atoms with Crippen LogP contribution in [0.2, 0.25) is 0 Å². The van der Waals surface area contributed by atoms with Crippen LogP contribution in [0.25, 0.3) is 0 Å². The number of rotatable bonds is 5. The van der Waals surface area contributed by atoms with E-state index in [1.165, 1.54) is 0 Å². The molecule has 2 heteroatoms. The lowest BCUT2D eigenvalue weighted by molar-refractivity contribution is 0.0977. The quantitative estimate of drug-likeness (QED) is 0.688. The lowest BCUT2D eigenvalue weighted by Crippen LogP contribution is -2.09. The van der Waals surface area contributed by atoms with Crippen molar-refractivity contribution < 1.29 is 9.90 Å². The van der Waals surface area contributed by atoms with E-state index in [1.807, 2.05) is 72.8 Å². The van der Waals surface area contributed by atoms with Crippen LogP contribution in [0, 0.1) is 0 Å². The van der Waals surface area contributed by atoms with Gasteiger partial charge in [-0.15, -0.1) is 0 Å². The highest BCUT2D eigenvalue weighted by Crippen LogP contribution is 2.31. The second kappa shape index (κ2) is 6.93. The molecule has 114 valence electrons. The van der Waals surface area contributed by atoms with Crippen molar-refractivity contribution in [2.24, 2.45) is 0 Å². The van der Waals surface area contributed by atoms with Crippen molar-refractivity contribution in [2.45, 2.75) is 12.3 Å². The molecule has 0 radical (unpaired) electrons. The first-order valence-electron chi connectivity index (χ1n) is 7.66. The Kier molecular flexibility index (Phi) is 4.53. The maximum atomic E-state index is 12.6. The molecule has 0 aliphatic rings. The first kappa shape index (κ1) is 15.0. The lowest BCUT2D eigenvalue weighted by Gasteiger charge is -2.18. The molecule has 0 amide bonds. The normalized spacial score (nSPS) is 11.8. The molecule has 0 aliphatic carbocycles. The van der Waals surface area contributed by atoms with Gasteiger partial charge in [-0.3, -0.25) is 4.79 Å². The molecule has 1 atom stereocenters. The number of ketones is 1. The van der Waals surface area contributed by atoms with E-state index in [-0.39, 0.29) is 17.5 Å². The van der Waals surface area contributed by atoms with E-state index >= 15 is 0 Å². The molecule has 0 unspecified atom stereocenters. The Bertz CT molecular complexity index is 779. The average molecular weight is 302 g/mol. The van der Waals surface area contributed by atoms with Crippen molar-refractivity contribution in [3.05, 3.63) is 102 Å². The first-order chi connectivity index (χ1) is 11.2. The fraction of sp³-hybridized carbons (Fsp3) is 0.0952. The summed E-state index contributed by atoms with van der Waals surface area (Å²) in [4.78, 5) is 12.6. The fourth-order valence-corrected chi connectivity index (χ4v) is 2.78. The molecule has 0 fully saturated rings. The first-order valence-corrected chi connectivity index (χ1v) is 7.66. The van der Waals surface area contributed by atoms with Gasteiger partial charge in [-0.2, -0.15) is 0 Å². The Balaban J connectivity index is 1.94. The van der Waals surface area contributed by atoms with E-state index in [4.69, 9.17) is 0 Å². The van der Waals surface area contributed by atoms with E-state index in [0.29, 0.717) is 12.0 Å². The molecule has 2 nitrogen and oxygen atoms in total. The Hall–Kier alpha value is -2.87. The standard InChI is InChI=1S/C21H18O2/c22-19-13-7-12-18(14-19)20(16-8-3-1-4-9-16)15-21(23)17-10-5-2-6-11-17/h1-14,20,22H,15H2/t20-/m1/s1. The molecule has 0 spiro atoms. The van der Waals surface area contributed by atoms with Crippen LogP contribution in [0.1, 0.15) is 33.8 Å². The van der Waals surface area contributed by atoms with Crippen molar-refractivity contribution in [1.82, 2.24) is 0 Å². The Morgan fingerprint density at radius 3 is 2.04 bits per heavy atom. The molecule has 1 N–H and O–H groups in total. The van der Waals surface area contributed by atoms with Gasteiger partial charge in [-0.1, -0.05) is 72.8 Å². The number of benzene rings is 3. The highest BCUT2D eigenvalue weighted by Gasteiger charge is 2.19. The van der Waals surface area contributed by atoms with Gasteiger partial charge in [0.05, 0.1) is 0 Å². The van der Waals surface area contributed by atoms with Crippen molar-refractivity contribution in [3.8, 4) is 5.75 Å². The van der Waals surface area contributed by atoms with E-state index in [9.17, 15) is 9.90 Å². The third-order valence-corrected chi connectivity index (χ3v) is 3.96. The van der Waals surface area contributed by atoms with Crippen molar-refractivity contribution in [2.75, 3.05) is 0 Å². The van der Waals surface area contributed by atoms with Crippen LogP contribution >= 0.6 is 0 Å². The molecule has 0 saturated carbocycles. The summed E-state index contributed by atoms with van der Waals surface area (Å²) in [5, 5.41) is 9.78. The smallest absolute Gasteiger partial charge is 0.163 e. The third kappa shape index (κ3) is 3.67. The highest BCUT2D eigenvalue weighted by molar-refractivity contribution is 5.96. The number of aromatic hydroxyl groups is 1. The van der Waals surface area contributed by atoms with E-state index in [2.05, 4.69) is 0 Å². The molecule has 0 saturated heterocycles. The highest BCUT2D eigenvalue weighted by atomic mass is 16.3. The lowest BCUT2D eigenvalue weighted by atomic mass is 9.86. The van der Waals surface area contributed by atoms with Gasteiger partial charge in [0.2, 0.25) is 0 Å². The predicted molar refractivity (Wildman–Crippen MR) is 91.8 cm³/mol. The van der Waals surface area contributed by atoms with Gasteiger partial charge in [-0.05, 0) is 23.3 Å². The van der Waals surface area contributed by atoms with Crippen LogP contribution in [0.15, 0.2) is 84.9 Å². The van der Waals surface area contributed by atoms with Crippen molar-refractivity contribution in [1.29, 1.82) is 0 Å². The van der Waals surface area contributed by atoms with Crippen molar-refractivity contribution >= 4 is 5.78 Å². The number of hydrogen-bond acceptors (Lipinski definition) is 2. The number of phenols is 1. The zero-order valence-corrected chi connectivity index (χ0v) is 12.7. The van der Waals surface area contributed by atoms with Gasteiger partial charge in [0.25, 0.3) is 0 Å². The Morgan fingerprint density at radius 1 is 0.783 bits per heavy atom. The number of phenolic OH excluding ortho intramolecular Hbond substituents is 1. The molecule has 3 aromatic rings. The SMILES string of the molecule is O=C(C[C@H](c1ccccc1)c1cccc(O)c1)c1ccccc1. The summed E-state index contributed by atoms with van der Waals surface area (Å²) in [6.07, 6.45) is 0.373. The van der Waals surface area contributed by atoms with Crippen LogP contribution in [0.3, 0.4) is 0 Å². The monoisotopic (exact) mass is 302 g/mol. The molecule has 0 heterocycles. The number of Topliss-reactive ketones (excluding diaryl/α,β-unsaturated/α-hetero) is 1. The summed E-state index contributed by atoms with van der Waals surface area (Å²) in [7, 11) is 0. The molecular weight excluding hydrogens is 284 g/mol.